The molecule has 11 heavy (non-hydrogen) atoms. The van der Waals surface area contributed by atoms with Crippen molar-refractivity contribution in [3.63, 3.8) is 0 Å². The summed E-state index contributed by atoms with van der Waals surface area (Å²) in [6, 6.07) is 0. The van der Waals surface area contributed by atoms with Gasteiger partial charge < -0.3 is 0 Å². The van der Waals surface area contributed by atoms with Crippen molar-refractivity contribution in [3.05, 3.63) is 0 Å². The molecule has 0 aromatic heterocycles. The van der Waals surface area contributed by atoms with Gasteiger partial charge in [-0.2, -0.15) is 0 Å². The molecular weight excluding hydrogens is 156 g/mol. The molecule has 3 heteroatoms. The van der Waals surface area contributed by atoms with Crippen LogP contribution in [0.25, 0.3) is 0 Å². The lowest BCUT2D eigenvalue weighted by Crippen LogP contribution is -2.40. The van der Waals surface area contributed by atoms with E-state index in [0.29, 0.717) is 5.50 Å². The average molecular weight is 171 g/mol. The fourth-order valence-electron chi connectivity index (χ4n) is 1.73. The Labute approximate surface area is 72.7 Å². The van der Waals surface area contributed by atoms with E-state index in [0.717, 1.165) is 6.54 Å². The third-order valence-electron chi connectivity index (χ3n) is 2.35. The number of piperidine rings is 1. The molecule has 1 radical (unpaired) electrons. The predicted molar refractivity (Wildman–Crippen MR) is 48.7 cm³/mol. The minimum atomic E-state index is 0.523. The lowest BCUT2D eigenvalue weighted by atomic mass is 10.1. The monoisotopic (exact) mass is 171 g/mol. The molecule has 1 atom stereocenters. The van der Waals surface area contributed by atoms with Gasteiger partial charge in [0.25, 0.3) is 0 Å². The Morgan fingerprint density at radius 2 is 2.00 bits per heavy atom. The number of thioether (sulfide) groups is 1. The molecule has 2 rings (SSSR count). The van der Waals surface area contributed by atoms with Gasteiger partial charge in [0.1, 0.15) is 5.50 Å². The van der Waals surface area contributed by atoms with Crippen LogP contribution in [0.4, 0.5) is 0 Å². The molecule has 1 unspecified atom stereocenters. The molecule has 0 aromatic rings. The standard InChI is InChI=1S/C8H15N2S/c1-2-5-10(6-3-1)8-9-4-7-11-8/h8H,1-7H2. The number of hydrogen-bond acceptors (Lipinski definition) is 2. The van der Waals surface area contributed by atoms with Gasteiger partial charge in [-0.15, -0.1) is 11.8 Å². The first-order valence-corrected chi connectivity index (χ1v) is 5.54. The molecule has 0 amide bonds. The summed E-state index contributed by atoms with van der Waals surface area (Å²) in [6.07, 6.45) is 4.19. The first kappa shape index (κ1) is 7.90. The molecular formula is C8H15N2S. The summed E-state index contributed by atoms with van der Waals surface area (Å²) in [5.74, 6) is 1.24. The van der Waals surface area contributed by atoms with Crippen LogP contribution >= 0.6 is 11.8 Å². The van der Waals surface area contributed by atoms with E-state index >= 15 is 0 Å². The van der Waals surface area contributed by atoms with Crippen molar-refractivity contribution in [1.82, 2.24) is 10.2 Å². The topological polar surface area (TPSA) is 17.3 Å². The molecule has 63 valence electrons. The van der Waals surface area contributed by atoms with Gasteiger partial charge in [0, 0.05) is 25.4 Å². The van der Waals surface area contributed by atoms with Crippen molar-refractivity contribution in [2.24, 2.45) is 0 Å². The van der Waals surface area contributed by atoms with Gasteiger partial charge in [-0.25, -0.2) is 5.32 Å². The zero-order valence-electron chi connectivity index (χ0n) is 6.83. The van der Waals surface area contributed by atoms with Gasteiger partial charge in [0.05, 0.1) is 0 Å². The minimum Gasteiger partial charge on any atom is -0.278 e. The Kier molecular flexibility index (Phi) is 2.72. The average Bonchev–Trinajstić information content (AvgIpc) is 2.58. The number of nitrogens with zero attached hydrogens (tertiary/aromatic N) is 2. The van der Waals surface area contributed by atoms with Crippen molar-refractivity contribution in [3.8, 4) is 0 Å². The highest BCUT2D eigenvalue weighted by molar-refractivity contribution is 8.00. The molecule has 0 bridgehead atoms. The fourth-order valence-corrected chi connectivity index (χ4v) is 2.79. The van der Waals surface area contributed by atoms with Crippen LogP contribution in [0.15, 0.2) is 0 Å². The molecule has 0 N–H and O–H groups in total. The van der Waals surface area contributed by atoms with Crippen molar-refractivity contribution < 1.29 is 0 Å². The lowest BCUT2D eigenvalue weighted by molar-refractivity contribution is 0.196. The van der Waals surface area contributed by atoms with Crippen LogP contribution < -0.4 is 5.32 Å². The summed E-state index contributed by atoms with van der Waals surface area (Å²) in [5, 5.41) is 4.55. The summed E-state index contributed by atoms with van der Waals surface area (Å²) in [5.41, 5.74) is 0.523. The van der Waals surface area contributed by atoms with Crippen LogP contribution in [-0.2, 0) is 0 Å². The van der Waals surface area contributed by atoms with Crippen LogP contribution in [0.1, 0.15) is 19.3 Å². The number of rotatable bonds is 1. The fraction of sp³-hybridized carbons (Fsp3) is 1.00. The zero-order valence-corrected chi connectivity index (χ0v) is 7.65. The van der Waals surface area contributed by atoms with Gasteiger partial charge in [0.15, 0.2) is 0 Å². The second-order valence-corrected chi connectivity index (χ2v) is 4.36. The third-order valence-corrected chi connectivity index (χ3v) is 3.51. The molecule has 2 nitrogen and oxygen atoms in total. The van der Waals surface area contributed by atoms with E-state index in [1.165, 1.54) is 38.1 Å². The Bertz CT molecular complexity index is 117. The highest BCUT2D eigenvalue weighted by atomic mass is 32.2. The Morgan fingerprint density at radius 3 is 2.64 bits per heavy atom. The number of likely N-dealkylation sites (tertiary alicyclic amines) is 1. The van der Waals surface area contributed by atoms with E-state index < -0.39 is 0 Å². The molecule has 2 aliphatic rings. The van der Waals surface area contributed by atoms with Crippen LogP contribution in [0.2, 0.25) is 0 Å². The first-order chi connectivity index (χ1) is 5.47. The number of hydrogen-bond donors (Lipinski definition) is 0. The van der Waals surface area contributed by atoms with Crippen LogP contribution in [0.5, 0.6) is 0 Å². The Balaban J connectivity index is 1.82. The molecule has 0 aromatic carbocycles. The molecule has 2 heterocycles. The Hall–Kier alpha value is 0.270. The predicted octanol–water partition coefficient (Wildman–Crippen LogP) is 1.11. The van der Waals surface area contributed by atoms with Crippen LogP contribution in [0, 0.1) is 0 Å². The molecule has 2 aliphatic heterocycles. The van der Waals surface area contributed by atoms with E-state index in [1.807, 2.05) is 11.8 Å². The minimum absolute atomic E-state index is 0.523. The van der Waals surface area contributed by atoms with Crippen molar-refractivity contribution in [2.75, 3.05) is 25.4 Å². The summed E-state index contributed by atoms with van der Waals surface area (Å²) in [7, 11) is 0. The van der Waals surface area contributed by atoms with E-state index in [4.69, 9.17) is 0 Å². The normalized spacial score (nSPS) is 34.4. The lowest BCUT2D eigenvalue weighted by Gasteiger charge is -2.30. The highest BCUT2D eigenvalue weighted by Gasteiger charge is 2.24. The summed E-state index contributed by atoms with van der Waals surface area (Å²) in [4.78, 5) is 2.53. The second-order valence-electron chi connectivity index (χ2n) is 3.20. The maximum atomic E-state index is 4.55. The smallest absolute Gasteiger partial charge is 0.124 e. The van der Waals surface area contributed by atoms with E-state index in [2.05, 4.69) is 10.2 Å². The van der Waals surface area contributed by atoms with Crippen LogP contribution in [-0.4, -0.2) is 35.8 Å². The maximum Gasteiger partial charge on any atom is 0.124 e. The molecule has 2 fully saturated rings. The summed E-state index contributed by atoms with van der Waals surface area (Å²) in [6.45, 7) is 3.63. The second kappa shape index (κ2) is 3.78. The van der Waals surface area contributed by atoms with E-state index in [9.17, 15) is 0 Å². The van der Waals surface area contributed by atoms with E-state index in [1.54, 1.807) is 0 Å². The van der Waals surface area contributed by atoms with Gasteiger partial charge >= 0.3 is 0 Å². The largest absolute Gasteiger partial charge is 0.278 e. The SMILES string of the molecule is C1CCN(C2[N]CCS2)CC1. The van der Waals surface area contributed by atoms with Gasteiger partial charge in [-0.3, -0.25) is 4.90 Å². The molecule has 0 spiro atoms. The molecule has 0 aliphatic carbocycles. The van der Waals surface area contributed by atoms with Crippen molar-refractivity contribution in [1.29, 1.82) is 0 Å². The quantitative estimate of drug-likeness (QED) is 0.588. The van der Waals surface area contributed by atoms with E-state index in [-0.39, 0.29) is 0 Å². The highest BCUT2D eigenvalue weighted by Crippen LogP contribution is 2.22. The van der Waals surface area contributed by atoms with Gasteiger partial charge in [-0.05, 0) is 12.8 Å². The van der Waals surface area contributed by atoms with Crippen molar-refractivity contribution in [2.45, 2.75) is 24.8 Å². The zero-order chi connectivity index (χ0) is 7.52. The summed E-state index contributed by atoms with van der Waals surface area (Å²) >= 11 is 2.01. The Morgan fingerprint density at radius 1 is 1.18 bits per heavy atom. The maximum absolute atomic E-state index is 4.55. The van der Waals surface area contributed by atoms with Gasteiger partial charge in [0.2, 0.25) is 0 Å². The first-order valence-electron chi connectivity index (χ1n) is 4.49. The van der Waals surface area contributed by atoms with Gasteiger partial charge in [-0.1, -0.05) is 6.42 Å². The molecule has 0 saturated carbocycles. The van der Waals surface area contributed by atoms with Crippen LogP contribution in [0.3, 0.4) is 0 Å². The van der Waals surface area contributed by atoms with Crippen molar-refractivity contribution >= 4 is 11.8 Å². The molecule has 2 saturated heterocycles. The summed E-state index contributed by atoms with van der Waals surface area (Å²) < 4.78 is 0. The third kappa shape index (κ3) is 1.89.